The van der Waals surface area contributed by atoms with Crippen LogP contribution < -0.4 is 5.32 Å². The molecule has 0 radical (unpaired) electrons. The van der Waals surface area contributed by atoms with Crippen LogP contribution in [0.5, 0.6) is 0 Å². The molecule has 0 spiro atoms. The zero-order valence-electron chi connectivity index (χ0n) is 13.9. The number of hydrogen-bond donors (Lipinski definition) is 2. The normalized spacial score (nSPS) is 21.0. The molecular weight excluding hydrogens is 272 g/mol. The van der Waals surface area contributed by atoms with Gasteiger partial charge >= 0.3 is 12.0 Å². The minimum Gasteiger partial charge on any atom is -0.480 e. The summed E-state index contributed by atoms with van der Waals surface area (Å²) in [5.74, 6) is -0.993. The van der Waals surface area contributed by atoms with Crippen molar-refractivity contribution in [2.45, 2.75) is 71.1 Å². The number of nitrogens with zero attached hydrogens (tertiary/aromatic N) is 1. The standard InChI is InChI=1S/C15H28N2O4/c1-7-15(8-2,11(18)19)16-12(20)17-9-13(3,4)21-14(5,6)10-17/h7-10H2,1-6H3,(H,16,20)(H,18,19). The predicted molar refractivity (Wildman–Crippen MR) is 80.3 cm³/mol. The van der Waals surface area contributed by atoms with Gasteiger partial charge in [0.1, 0.15) is 5.54 Å². The van der Waals surface area contributed by atoms with Crippen LogP contribution >= 0.6 is 0 Å². The topological polar surface area (TPSA) is 78.9 Å². The van der Waals surface area contributed by atoms with E-state index in [0.29, 0.717) is 25.9 Å². The van der Waals surface area contributed by atoms with Gasteiger partial charge in [0, 0.05) is 0 Å². The van der Waals surface area contributed by atoms with Crippen molar-refractivity contribution in [3.05, 3.63) is 0 Å². The summed E-state index contributed by atoms with van der Waals surface area (Å²) in [6, 6.07) is -0.342. The molecule has 1 aliphatic heterocycles. The third-order valence-electron chi connectivity index (χ3n) is 3.95. The Labute approximate surface area is 126 Å². The van der Waals surface area contributed by atoms with E-state index in [4.69, 9.17) is 4.74 Å². The maximum absolute atomic E-state index is 12.5. The molecule has 0 aromatic heterocycles. The Morgan fingerprint density at radius 1 is 1.14 bits per heavy atom. The van der Waals surface area contributed by atoms with E-state index < -0.39 is 22.7 Å². The Balaban J connectivity index is 2.90. The summed E-state index contributed by atoms with van der Waals surface area (Å²) in [5.41, 5.74) is -2.11. The van der Waals surface area contributed by atoms with Gasteiger partial charge in [0.25, 0.3) is 0 Å². The summed E-state index contributed by atoms with van der Waals surface area (Å²) in [7, 11) is 0. The molecule has 2 N–H and O–H groups in total. The second kappa shape index (κ2) is 5.83. The van der Waals surface area contributed by atoms with Crippen LogP contribution in [0, 0.1) is 0 Å². The molecule has 21 heavy (non-hydrogen) atoms. The number of hydrogen-bond acceptors (Lipinski definition) is 3. The SMILES string of the molecule is CCC(CC)(NC(=O)N1CC(C)(C)OC(C)(C)C1)C(=O)O. The Kier molecular flexibility index (Phi) is 4.93. The molecule has 1 rings (SSSR count). The zero-order chi connectivity index (χ0) is 16.5. The molecule has 6 nitrogen and oxygen atoms in total. The molecule has 0 saturated carbocycles. The van der Waals surface area contributed by atoms with Crippen LogP contribution in [0.3, 0.4) is 0 Å². The highest BCUT2D eigenvalue weighted by Crippen LogP contribution is 2.28. The molecule has 1 saturated heterocycles. The number of carboxylic acids is 1. The molecule has 0 atom stereocenters. The van der Waals surface area contributed by atoms with E-state index in [1.807, 2.05) is 27.7 Å². The zero-order valence-corrected chi connectivity index (χ0v) is 13.9. The first-order valence-electron chi connectivity index (χ1n) is 7.47. The van der Waals surface area contributed by atoms with Gasteiger partial charge in [0.2, 0.25) is 0 Å². The van der Waals surface area contributed by atoms with Crippen LogP contribution in [-0.4, -0.2) is 51.8 Å². The lowest BCUT2D eigenvalue weighted by atomic mass is 9.93. The van der Waals surface area contributed by atoms with E-state index in [1.165, 1.54) is 0 Å². The van der Waals surface area contributed by atoms with Crippen LogP contribution in [0.1, 0.15) is 54.4 Å². The number of carboxylic acid groups (broad SMARTS) is 1. The van der Waals surface area contributed by atoms with Gasteiger partial charge in [-0.25, -0.2) is 9.59 Å². The van der Waals surface area contributed by atoms with Crippen LogP contribution in [0.2, 0.25) is 0 Å². The second-order valence-electron chi connectivity index (χ2n) is 7.00. The molecule has 0 aliphatic carbocycles. The molecule has 6 heteroatoms. The summed E-state index contributed by atoms with van der Waals surface area (Å²) in [6.07, 6.45) is 0.698. The van der Waals surface area contributed by atoms with Crippen LogP contribution in [0.15, 0.2) is 0 Å². The van der Waals surface area contributed by atoms with Crippen molar-refractivity contribution >= 4 is 12.0 Å². The number of aliphatic carboxylic acids is 1. The molecule has 1 aliphatic rings. The number of nitrogens with one attached hydrogen (secondary N) is 1. The highest BCUT2D eigenvalue weighted by atomic mass is 16.5. The monoisotopic (exact) mass is 300 g/mol. The van der Waals surface area contributed by atoms with E-state index in [-0.39, 0.29) is 6.03 Å². The van der Waals surface area contributed by atoms with Gasteiger partial charge < -0.3 is 20.1 Å². The van der Waals surface area contributed by atoms with Crippen molar-refractivity contribution in [3.8, 4) is 0 Å². The number of carbonyl (C=O) groups is 2. The fourth-order valence-corrected chi connectivity index (χ4v) is 3.00. The first-order valence-corrected chi connectivity index (χ1v) is 7.47. The van der Waals surface area contributed by atoms with E-state index in [2.05, 4.69) is 5.32 Å². The quantitative estimate of drug-likeness (QED) is 0.834. The number of ether oxygens (including phenoxy) is 1. The summed E-state index contributed by atoms with van der Waals surface area (Å²) < 4.78 is 5.93. The van der Waals surface area contributed by atoms with Crippen LogP contribution in [0.4, 0.5) is 4.79 Å². The summed E-state index contributed by atoms with van der Waals surface area (Å²) in [6.45, 7) is 12.1. The molecule has 2 amide bonds. The van der Waals surface area contributed by atoms with Crippen molar-refractivity contribution in [2.75, 3.05) is 13.1 Å². The first-order chi connectivity index (χ1) is 9.47. The number of carbonyl (C=O) groups excluding carboxylic acids is 1. The van der Waals surface area contributed by atoms with Crippen molar-refractivity contribution in [2.24, 2.45) is 0 Å². The van der Waals surface area contributed by atoms with E-state index >= 15 is 0 Å². The van der Waals surface area contributed by atoms with Crippen LogP contribution in [0.25, 0.3) is 0 Å². The molecule has 122 valence electrons. The Morgan fingerprint density at radius 2 is 1.57 bits per heavy atom. The lowest BCUT2D eigenvalue weighted by Crippen LogP contribution is -2.64. The van der Waals surface area contributed by atoms with Crippen molar-refractivity contribution in [1.29, 1.82) is 0 Å². The fraction of sp³-hybridized carbons (Fsp3) is 0.867. The van der Waals surface area contributed by atoms with Crippen molar-refractivity contribution in [3.63, 3.8) is 0 Å². The smallest absolute Gasteiger partial charge is 0.329 e. The van der Waals surface area contributed by atoms with Gasteiger partial charge in [0.15, 0.2) is 0 Å². The van der Waals surface area contributed by atoms with Crippen molar-refractivity contribution in [1.82, 2.24) is 10.2 Å². The molecular formula is C15H28N2O4. The number of morpholine rings is 1. The molecule has 0 bridgehead atoms. The summed E-state index contributed by atoms with van der Waals surface area (Å²) in [4.78, 5) is 25.7. The second-order valence-corrected chi connectivity index (χ2v) is 7.00. The Morgan fingerprint density at radius 3 is 1.90 bits per heavy atom. The average molecular weight is 300 g/mol. The van der Waals surface area contributed by atoms with Crippen LogP contribution in [-0.2, 0) is 9.53 Å². The molecule has 0 unspecified atom stereocenters. The van der Waals surface area contributed by atoms with Gasteiger partial charge in [-0.1, -0.05) is 13.8 Å². The van der Waals surface area contributed by atoms with E-state index in [0.717, 1.165) is 0 Å². The molecule has 0 aromatic rings. The maximum atomic E-state index is 12.5. The van der Waals surface area contributed by atoms with Crippen molar-refractivity contribution < 1.29 is 19.4 Å². The lowest BCUT2D eigenvalue weighted by molar-refractivity contribution is -0.170. The minimum absolute atomic E-state index is 0.342. The Hall–Kier alpha value is -1.30. The first kappa shape index (κ1) is 17.8. The molecule has 0 aromatic carbocycles. The summed E-state index contributed by atoms with van der Waals surface area (Å²) >= 11 is 0. The minimum atomic E-state index is -1.20. The number of urea groups is 1. The number of rotatable bonds is 4. The van der Waals surface area contributed by atoms with E-state index in [9.17, 15) is 14.7 Å². The average Bonchev–Trinajstić information content (AvgIpc) is 2.31. The molecule has 1 heterocycles. The lowest BCUT2D eigenvalue weighted by Gasteiger charge is -2.47. The third kappa shape index (κ3) is 4.09. The third-order valence-corrected chi connectivity index (χ3v) is 3.95. The maximum Gasteiger partial charge on any atom is 0.329 e. The summed E-state index contributed by atoms with van der Waals surface area (Å²) in [5, 5.41) is 12.1. The van der Waals surface area contributed by atoms with Gasteiger partial charge in [-0.2, -0.15) is 0 Å². The van der Waals surface area contributed by atoms with Gasteiger partial charge in [-0.05, 0) is 40.5 Å². The van der Waals surface area contributed by atoms with Gasteiger partial charge in [-0.3, -0.25) is 0 Å². The Bertz CT molecular complexity index is 398. The van der Waals surface area contributed by atoms with Gasteiger partial charge in [0.05, 0.1) is 24.3 Å². The van der Waals surface area contributed by atoms with E-state index in [1.54, 1.807) is 18.7 Å². The number of amides is 2. The predicted octanol–water partition coefficient (Wildman–Crippen LogP) is 2.23. The van der Waals surface area contributed by atoms with Gasteiger partial charge in [-0.15, -0.1) is 0 Å². The largest absolute Gasteiger partial charge is 0.480 e. The fourth-order valence-electron chi connectivity index (χ4n) is 3.00. The highest BCUT2D eigenvalue weighted by Gasteiger charge is 2.43. The highest BCUT2D eigenvalue weighted by molar-refractivity contribution is 5.86. The molecule has 1 fully saturated rings.